The van der Waals surface area contributed by atoms with Gasteiger partial charge in [-0.2, -0.15) is 0 Å². The number of esters is 1. The van der Waals surface area contributed by atoms with Crippen LogP contribution >= 0.6 is 0 Å². The second kappa shape index (κ2) is 10.1. The number of nitrogens with one attached hydrogen (secondary N) is 1. The molecular weight excluding hydrogens is 364 g/mol. The third-order valence-electron chi connectivity index (χ3n) is 3.93. The number of nitrogens with zero attached hydrogens (tertiary/aromatic N) is 1. The first kappa shape index (κ1) is 20.9. The number of rotatable bonds is 9. The van der Waals surface area contributed by atoms with E-state index in [1.165, 1.54) is 25.1 Å². The van der Waals surface area contributed by atoms with Gasteiger partial charge in [0.05, 0.1) is 12.1 Å². The van der Waals surface area contributed by atoms with Crippen molar-refractivity contribution in [2.45, 2.75) is 38.8 Å². The number of hydrogen-bond acceptors (Lipinski definition) is 6. The lowest BCUT2D eigenvalue weighted by molar-refractivity contribution is -0.402. The van der Waals surface area contributed by atoms with Crippen LogP contribution in [0.2, 0.25) is 0 Å². The van der Waals surface area contributed by atoms with Crippen LogP contribution in [-0.4, -0.2) is 22.9 Å². The predicted octanol–water partition coefficient (Wildman–Crippen LogP) is 3.79. The van der Waals surface area contributed by atoms with Gasteiger partial charge in [-0.1, -0.05) is 43.7 Å². The molecule has 0 saturated carbocycles. The quantitative estimate of drug-likeness (QED) is 0.304. The third-order valence-corrected chi connectivity index (χ3v) is 3.93. The summed E-state index contributed by atoms with van der Waals surface area (Å²) in [6, 6.07) is 11.9. The van der Waals surface area contributed by atoms with Crippen molar-refractivity contribution >= 4 is 23.8 Å². The van der Waals surface area contributed by atoms with E-state index in [-0.39, 0.29) is 11.8 Å². The zero-order valence-corrected chi connectivity index (χ0v) is 15.7. The lowest BCUT2D eigenvalue weighted by atomic mass is 10.0. The van der Waals surface area contributed by atoms with Crippen LogP contribution in [0.25, 0.3) is 6.08 Å². The maximum atomic E-state index is 12.4. The Bertz CT molecular complexity index is 843. The Labute approximate surface area is 162 Å². The van der Waals surface area contributed by atoms with E-state index >= 15 is 0 Å². The fourth-order valence-electron chi connectivity index (χ4n) is 2.53. The standard InChI is InChI=1S/C20H22N2O6/c1-3-7-17(15-8-5-4-6-9-15)21-20(24)14(2)27-19(23)13-11-16-10-12-18(28-16)22(25)26/h4-6,8-14,17H,3,7H2,1-2H3,(H,21,24)/b13-11+/t14-,17+/m1/s1. The van der Waals surface area contributed by atoms with E-state index in [0.717, 1.165) is 24.5 Å². The third kappa shape index (κ3) is 6.08. The highest BCUT2D eigenvalue weighted by molar-refractivity contribution is 5.90. The highest BCUT2D eigenvalue weighted by Gasteiger charge is 2.21. The number of nitro groups is 1. The van der Waals surface area contributed by atoms with Gasteiger partial charge in [-0.05, 0) is 31.1 Å². The Hall–Kier alpha value is -3.42. The molecule has 0 aliphatic rings. The van der Waals surface area contributed by atoms with Gasteiger partial charge < -0.3 is 14.5 Å². The molecule has 0 bridgehead atoms. The molecule has 1 heterocycles. The van der Waals surface area contributed by atoms with E-state index in [1.54, 1.807) is 0 Å². The summed E-state index contributed by atoms with van der Waals surface area (Å²) in [5.74, 6) is -1.46. The van der Waals surface area contributed by atoms with Crippen molar-refractivity contribution in [3.05, 3.63) is 70.0 Å². The number of ether oxygens (including phenoxy) is 1. The smallest absolute Gasteiger partial charge is 0.433 e. The summed E-state index contributed by atoms with van der Waals surface area (Å²) in [5.41, 5.74) is 0.982. The molecular formula is C20H22N2O6. The zero-order valence-electron chi connectivity index (χ0n) is 15.7. The van der Waals surface area contributed by atoms with Crippen LogP contribution in [0.5, 0.6) is 0 Å². The van der Waals surface area contributed by atoms with Gasteiger partial charge in [0.15, 0.2) is 6.10 Å². The summed E-state index contributed by atoms with van der Waals surface area (Å²) in [6.07, 6.45) is 2.93. The zero-order chi connectivity index (χ0) is 20.5. The van der Waals surface area contributed by atoms with Crippen LogP contribution in [0.1, 0.15) is 44.1 Å². The van der Waals surface area contributed by atoms with Crippen molar-refractivity contribution in [2.24, 2.45) is 0 Å². The Balaban J connectivity index is 1.91. The topological polar surface area (TPSA) is 112 Å². The monoisotopic (exact) mass is 386 g/mol. The minimum atomic E-state index is -0.994. The highest BCUT2D eigenvalue weighted by atomic mass is 16.6. The lowest BCUT2D eigenvalue weighted by Crippen LogP contribution is -2.38. The van der Waals surface area contributed by atoms with Gasteiger partial charge in [-0.3, -0.25) is 14.9 Å². The van der Waals surface area contributed by atoms with E-state index in [1.807, 2.05) is 37.3 Å². The van der Waals surface area contributed by atoms with Crippen molar-refractivity contribution in [1.29, 1.82) is 0 Å². The van der Waals surface area contributed by atoms with E-state index in [2.05, 4.69) is 5.32 Å². The minimum absolute atomic E-state index is 0.132. The maximum absolute atomic E-state index is 12.4. The first-order valence-electron chi connectivity index (χ1n) is 8.89. The molecule has 1 N–H and O–H groups in total. The second-order valence-electron chi connectivity index (χ2n) is 6.11. The summed E-state index contributed by atoms with van der Waals surface area (Å²) >= 11 is 0. The van der Waals surface area contributed by atoms with Gasteiger partial charge in [0.1, 0.15) is 10.7 Å². The molecule has 2 rings (SSSR count). The second-order valence-corrected chi connectivity index (χ2v) is 6.11. The number of carbonyl (C=O) groups is 2. The lowest BCUT2D eigenvalue weighted by Gasteiger charge is -2.21. The Morgan fingerprint density at radius 3 is 2.57 bits per heavy atom. The number of hydrogen-bond donors (Lipinski definition) is 1. The summed E-state index contributed by atoms with van der Waals surface area (Å²) < 4.78 is 9.99. The fraction of sp³-hybridized carbons (Fsp3) is 0.300. The van der Waals surface area contributed by atoms with Crippen LogP contribution in [0.3, 0.4) is 0 Å². The van der Waals surface area contributed by atoms with Crippen molar-refractivity contribution in [3.63, 3.8) is 0 Å². The molecule has 0 saturated heterocycles. The summed E-state index contributed by atoms with van der Waals surface area (Å²) in [6.45, 7) is 3.50. The van der Waals surface area contributed by atoms with Crippen molar-refractivity contribution in [2.75, 3.05) is 0 Å². The Morgan fingerprint density at radius 2 is 1.96 bits per heavy atom. The highest BCUT2D eigenvalue weighted by Crippen LogP contribution is 2.19. The Kier molecular flexibility index (Phi) is 7.50. The number of carbonyl (C=O) groups excluding carboxylic acids is 2. The van der Waals surface area contributed by atoms with Crippen LogP contribution in [-0.2, 0) is 14.3 Å². The molecule has 28 heavy (non-hydrogen) atoms. The first-order chi connectivity index (χ1) is 13.4. The summed E-state index contributed by atoms with van der Waals surface area (Å²) in [4.78, 5) is 34.2. The summed E-state index contributed by atoms with van der Waals surface area (Å²) in [5, 5.41) is 13.5. The van der Waals surface area contributed by atoms with Gasteiger partial charge in [-0.25, -0.2) is 4.79 Å². The molecule has 1 aromatic carbocycles. The first-order valence-corrected chi connectivity index (χ1v) is 8.89. The van der Waals surface area contributed by atoms with Gasteiger partial charge >= 0.3 is 11.9 Å². The largest absolute Gasteiger partial charge is 0.449 e. The number of furan rings is 1. The predicted molar refractivity (Wildman–Crippen MR) is 102 cm³/mol. The normalized spacial score (nSPS) is 13.1. The number of amides is 1. The van der Waals surface area contributed by atoms with Gasteiger partial charge in [0, 0.05) is 6.08 Å². The van der Waals surface area contributed by atoms with Crippen molar-refractivity contribution in [1.82, 2.24) is 5.32 Å². The van der Waals surface area contributed by atoms with E-state index in [0.29, 0.717) is 0 Å². The molecule has 1 aromatic heterocycles. The van der Waals surface area contributed by atoms with Crippen LogP contribution in [0.4, 0.5) is 5.88 Å². The van der Waals surface area contributed by atoms with Crippen LogP contribution in [0, 0.1) is 10.1 Å². The SMILES string of the molecule is CCC[C@H](NC(=O)[C@@H](C)OC(=O)/C=C/c1ccc([N+](=O)[O-])o1)c1ccccc1. The molecule has 0 fully saturated rings. The van der Waals surface area contributed by atoms with Crippen molar-refractivity contribution in [3.8, 4) is 0 Å². The van der Waals surface area contributed by atoms with Crippen LogP contribution in [0.15, 0.2) is 53.0 Å². The van der Waals surface area contributed by atoms with E-state index in [4.69, 9.17) is 9.15 Å². The van der Waals surface area contributed by atoms with Gasteiger partial charge in [-0.15, -0.1) is 0 Å². The minimum Gasteiger partial charge on any atom is -0.449 e. The molecule has 2 aromatic rings. The molecule has 148 valence electrons. The molecule has 0 radical (unpaired) electrons. The molecule has 0 aliphatic heterocycles. The molecule has 0 aliphatic carbocycles. The fourth-order valence-corrected chi connectivity index (χ4v) is 2.53. The van der Waals surface area contributed by atoms with Crippen LogP contribution < -0.4 is 5.32 Å². The van der Waals surface area contributed by atoms with Gasteiger partial charge in [0.2, 0.25) is 0 Å². The van der Waals surface area contributed by atoms with E-state index in [9.17, 15) is 19.7 Å². The average Bonchev–Trinajstić information content (AvgIpc) is 3.16. The summed E-state index contributed by atoms with van der Waals surface area (Å²) in [7, 11) is 0. The molecule has 2 atom stereocenters. The van der Waals surface area contributed by atoms with Crippen molar-refractivity contribution < 1.29 is 23.7 Å². The Morgan fingerprint density at radius 1 is 1.25 bits per heavy atom. The molecule has 0 unspecified atom stereocenters. The molecule has 0 spiro atoms. The number of benzene rings is 1. The van der Waals surface area contributed by atoms with E-state index < -0.39 is 28.8 Å². The van der Waals surface area contributed by atoms with Gasteiger partial charge in [0.25, 0.3) is 5.91 Å². The maximum Gasteiger partial charge on any atom is 0.433 e. The average molecular weight is 386 g/mol. The molecule has 8 heteroatoms. The molecule has 8 nitrogen and oxygen atoms in total. The molecule has 1 amide bonds.